The van der Waals surface area contributed by atoms with Crippen LogP contribution in [-0.2, 0) is 9.59 Å². The lowest BCUT2D eigenvalue weighted by atomic mass is 9.69. The maximum Gasteiger partial charge on any atom is 0.269 e. The zero-order valence-electron chi connectivity index (χ0n) is 17.6. The largest absolute Gasteiger partial charge is 0.294 e. The normalized spacial score (nSPS) is 20.6. The third kappa shape index (κ3) is 3.76. The van der Waals surface area contributed by atoms with Crippen molar-refractivity contribution in [3.05, 3.63) is 80.0 Å². The molecule has 2 aliphatic rings. The Morgan fingerprint density at radius 2 is 1.84 bits per heavy atom. The Hall–Kier alpha value is -2.99. The molecule has 1 aliphatic heterocycles. The molecule has 2 aromatic rings. The van der Waals surface area contributed by atoms with Crippen LogP contribution in [0.2, 0.25) is 5.02 Å². The second kappa shape index (κ2) is 7.61. The Kier molecular flexibility index (Phi) is 5.21. The fraction of sp³-hybridized carbons (Fsp3) is 0.333. The van der Waals surface area contributed by atoms with E-state index >= 15 is 0 Å². The number of hydrogen-bond acceptors (Lipinski definition) is 4. The molecule has 7 heteroatoms. The third-order valence-electron chi connectivity index (χ3n) is 6.11. The lowest BCUT2D eigenvalue weighted by Crippen LogP contribution is -2.44. The molecule has 0 bridgehead atoms. The molecule has 0 N–H and O–H groups in total. The molecule has 1 atom stereocenters. The maximum absolute atomic E-state index is 13.4. The average molecular weight is 439 g/mol. The molecule has 4 rings (SSSR count). The predicted molar refractivity (Wildman–Crippen MR) is 119 cm³/mol. The van der Waals surface area contributed by atoms with E-state index in [0.29, 0.717) is 40.4 Å². The minimum absolute atomic E-state index is 0.0139. The molecular formula is C24H23ClN2O4. The van der Waals surface area contributed by atoms with E-state index < -0.39 is 10.8 Å². The molecule has 0 spiro atoms. The minimum atomic E-state index is -0.498. The van der Waals surface area contributed by atoms with Gasteiger partial charge < -0.3 is 0 Å². The molecule has 160 valence electrons. The molecule has 6 nitrogen and oxygen atoms in total. The van der Waals surface area contributed by atoms with Gasteiger partial charge in [-0.2, -0.15) is 0 Å². The fourth-order valence-electron chi connectivity index (χ4n) is 4.67. The van der Waals surface area contributed by atoms with Gasteiger partial charge in [-0.1, -0.05) is 43.6 Å². The highest BCUT2D eigenvalue weighted by atomic mass is 35.5. The van der Waals surface area contributed by atoms with E-state index in [4.69, 9.17) is 11.6 Å². The van der Waals surface area contributed by atoms with E-state index in [-0.39, 0.29) is 29.2 Å². The number of non-ortho nitro benzene ring substituents is 1. The third-order valence-corrected chi connectivity index (χ3v) is 6.52. The lowest BCUT2D eigenvalue weighted by molar-refractivity contribution is -0.384. The van der Waals surface area contributed by atoms with Gasteiger partial charge in [-0.25, -0.2) is 0 Å². The van der Waals surface area contributed by atoms with Gasteiger partial charge in [0.2, 0.25) is 5.91 Å². The van der Waals surface area contributed by atoms with Crippen molar-refractivity contribution in [3.63, 3.8) is 0 Å². The first kappa shape index (κ1) is 21.2. The zero-order valence-corrected chi connectivity index (χ0v) is 18.4. The van der Waals surface area contributed by atoms with E-state index in [1.807, 2.05) is 26.8 Å². The molecule has 31 heavy (non-hydrogen) atoms. The summed E-state index contributed by atoms with van der Waals surface area (Å²) in [6, 6.07) is 11.6. The summed E-state index contributed by atoms with van der Waals surface area (Å²) in [4.78, 5) is 39.2. The Bertz CT molecular complexity index is 1150. The number of carbonyl (C=O) groups is 2. The van der Waals surface area contributed by atoms with Gasteiger partial charge in [0.1, 0.15) is 0 Å². The number of nitrogens with zero attached hydrogens (tertiary/aromatic N) is 2. The second-order valence-corrected chi connectivity index (χ2v) is 9.43. The summed E-state index contributed by atoms with van der Waals surface area (Å²) in [5.41, 5.74) is 2.97. The maximum atomic E-state index is 13.4. The number of nitro benzene ring substituents is 1. The first-order valence-corrected chi connectivity index (χ1v) is 10.6. The Balaban J connectivity index is 1.93. The van der Waals surface area contributed by atoms with Crippen LogP contribution in [0.1, 0.15) is 50.2 Å². The van der Waals surface area contributed by atoms with Gasteiger partial charge in [0, 0.05) is 47.2 Å². The molecule has 1 aliphatic carbocycles. The number of rotatable bonds is 3. The van der Waals surface area contributed by atoms with Crippen LogP contribution < -0.4 is 4.90 Å². The first-order valence-electron chi connectivity index (χ1n) is 10.2. The summed E-state index contributed by atoms with van der Waals surface area (Å²) >= 11 is 6.33. The van der Waals surface area contributed by atoms with Crippen LogP contribution in [0.25, 0.3) is 0 Å². The van der Waals surface area contributed by atoms with Gasteiger partial charge >= 0.3 is 0 Å². The highest BCUT2D eigenvalue weighted by molar-refractivity contribution is 6.31. The van der Waals surface area contributed by atoms with E-state index in [9.17, 15) is 19.7 Å². The summed E-state index contributed by atoms with van der Waals surface area (Å²) in [7, 11) is 0. The Labute approximate surface area is 185 Å². The van der Waals surface area contributed by atoms with E-state index in [2.05, 4.69) is 0 Å². The van der Waals surface area contributed by atoms with Gasteiger partial charge in [-0.15, -0.1) is 0 Å². The quantitative estimate of drug-likeness (QED) is 0.453. The number of anilines is 1. The summed E-state index contributed by atoms with van der Waals surface area (Å²) < 4.78 is 0. The number of carbonyl (C=O) groups excluding carboxylic acids is 2. The number of allylic oxidation sites excluding steroid dienone is 2. The van der Waals surface area contributed by atoms with Crippen LogP contribution in [0.5, 0.6) is 0 Å². The fourth-order valence-corrected chi connectivity index (χ4v) is 4.84. The molecule has 1 unspecified atom stereocenters. The topological polar surface area (TPSA) is 80.5 Å². The van der Waals surface area contributed by atoms with Crippen molar-refractivity contribution < 1.29 is 14.5 Å². The van der Waals surface area contributed by atoms with E-state index in [1.54, 1.807) is 29.2 Å². The van der Waals surface area contributed by atoms with Crippen molar-refractivity contribution in [1.29, 1.82) is 0 Å². The van der Waals surface area contributed by atoms with Crippen molar-refractivity contribution in [1.82, 2.24) is 0 Å². The smallest absolute Gasteiger partial charge is 0.269 e. The standard InChI is InChI=1S/C24H23ClN2O4/c1-14-18(25)8-5-9-19(14)26-20-12-24(2,3)13-21(28)23(20)17(11-22(26)29)15-6-4-7-16(10-15)27(30)31/h4-10,17H,11-13H2,1-3H3. The van der Waals surface area contributed by atoms with Crippen LogP contribution in [0, 0.1) is 22.5 Å². The second-order valence-electron chi connectivity index (χ2n) is 9.02. The van der Waals surface area contributed by atoms with Crippen molar-refractivity contribution in [2.75, 3.05) is 4.90 Å². The molecule has 2 aromatic carbocycles. The summed E-state index contributed by atoms with van der Waals surface area (Å²) in [5.74, 6) is -0.659. The SMILES string of the molecule is Cc1c(Cl)cccc1N1C(=O)CC(c2cccc([N+](=O)[O-])c2)C2=C1CC(C)(C)CC2=O. The number of benzene rings is 2. The van der Waals surface area contributed by atoms with Crippen LogP contribution in [0.4, 0.5) is 11.4 Å². The van der Waals surface area contributed by atoms with E-state index in [1.165, 1.54) is 12.1 Å². The average Bonchev–Trinajstić information content (AvgIpc) is 2.69. The molecular weight excluding hydrogens is 416 g/mol. The van der Waals surface area contributed by atoms with Crippen molar-refractivity contribution in [2.45, 2.75) is 46.0 Å². The lowest BCUT2D eigenvalue weighted by Gasteiger charge is -2.43. The van der Waals surface area contributed by atoms with Gasteiger partial charge in [-0.05, 0) is 42.0 Å². The molecule has 1 amide bonds. The summed E-state index contributed by atoms with van der Waals surface area (Å²) in [5, 5.41) is 11.8. The number of nitro groups is 1. The van der Waals surface area contributed by atoms with Gasteiger partial charge in [-0.3, -0.25) is 24.6 Å². The number of amides is 1. The van der Waals surface area contributed by atoms with Crippen LogP contribution in [0.15, 0.2) is 53.7 Å². The predicted octanol–water partition coefficient (Wildman–Crippen LogP) is 5.72. The first-order chi connectivity index (χ1) is 14.6. The molecule has 0 radical (unpaired) electrons. The number of halogens is 1. The number of hydrogen-bond donors (Lipinski definition) is 0. The van der Waals surface area contributed by atoms with E-state index in [0.717, 1.165) is 5.56 Å². The van der Waals surface area contributed by atoms with Crippen LogP contribution in [-0.4, -0.2) is 16.6 Å². The zero-order chi connectivity index (χ0) is 22.5. The number of Topliss-reactive ketones (excluding diaryl/α,β-unsaturated/α-hetero) is 1. The molecule has 0 saturated carbocycles. The van der Waals surface area contributed by atoms with Gasteiger partial charge in [0.15, 0.2) is 5.78 Å². The summed E-state index contributed by atoms with van der Waals surface area (Å²) in [6.45, 7) is 5.88. The van der Waals surface area contributed by atoms with Crippen LogP contribution in [0.3, 0.4) is 0 Å². The highest BCUT2D eigenvalue weighted by Gasteiger charge is 2.44. The monoisotopic (exact) mass is 438 g/mol. The molecule has 0 aromatic heterocycles. The molecule has 0 fully saturated rings. The Morgan fingerprint density at radius 1 is 1.13 bits per heavy atom. The van der Waals surface area contributed by atoms with Crippen molar-refractivity contribution >= 4 is 34.7 Å². The van der Waals surface area contributed by atoms with Gasteiger partial charge in [0.25, 0.3) is 5.69 Å². The molecule has 1 heterocycles. The van der Waals surface area contributed by atoms with Crippen molar-refractivity contribution in [2.24, 2.45) is 5.41 Å². The number of ketones is 1. The summed E-state index contributed by atoms with van der Waals surface area (Å²) in [6.07, 6.45) is 0.989. The van der Waals surface area contributed by atoms with Crippen molar-refractivity contribution in [3.8, 4) is 0 Å². The Morgan fingerprint density at radius 3 is 2.55 bits per heavy atom. The molecule has 0 saturated heterocycles. The highest BCUT2D eigenvalue weighted by Crippen LogP contribution is 2.49. The van der Waals surface area contributed by atoms with Gasteiger partial charge in [0.05, 0.1) is 10.6 Å². The van der Waals surface area contributed by atoms with Crippen LogP contribution >= 0.6 is 11.6 Å². The minimum Gasteiger partial charge on any atom is -0.294 e.